The van der Waals surface area contributed by atoms with Crippen molar-refractivity contribution in [1.82, 2.24) is 24.6 Å². The molecule has 1 amide bonds. The van der Waals surface area contributed by atoms with Gasteiger partial charge in [0.1, 0.15) is 30.3 Å². The zero-order valence-electron chi connectivity index (χ0n) is 23.2. The molecule has 0 radical (unpaired) electrons. The van der Waals surface area contributed by atoms with E-state index in [1.54, 1.807) is 12.3 Å². The molecule has 214 valence electrons. The van der Waals surface area contributed by atoms with Crippen molar-refractivity contribution >= 4 is 44.9 Å². The van der Waals surface area contributed by atoms with Gasteiger partial charge in [-0.05, 0) is 74.0 Å². The van der Waals surface area contributed by atoms with Gasteiger partial charge in [-0.1, -0.05) is 25.1 Å². The maximum Gasteiger partial charge on any atom is 0.247 e. The number of halogens is 1. The smallest absolute Gasteiger partial charge is 0.247 e. The van der Waals surface area contributed by atoms with Crippen LogP contribution in [0.15, 0.2) is 79.8 Å². The summed E-state index contributed by atoms with van der Waals surface area (Å²) in [7, 11) is 0. The first kappa shape index (κ1) is 27.3. The fourth-order valence-electron chi connectivity index (χ4n) is 5.29. The highest BCUT2D eigenvalue weighted by Crippen LogP contribution is 2.34. The van der Waals surface area contributed by atoms with Gasteiger partial charge in [0.15, 0.2) is 0 Å². The molecule has 10 heteroatoms. The molecule has 42 heavy (non-hydrogen) atoms. The Bertz CT molecular complexity index is 1750. The van der Waals surface area contributed by atoms with Crippen molar-refractivity contribution in [1.29, 1.82) is 0 Å². The van der Waals surface area contributed by atoms with Gasteiger partial charge in [0, 0.05) is 29.1 Å². The first-order valence-corrected chi connectivity index (χ1v) is 14.1. The largest absolute Gasteiger partial charge is 0.490 e. The van der Waals surface area contributed by atoms with Crippen LogP contribution < -0.4 is 15.4 Å². The first-order chi connectivity index (χ1) is 20.6. The summed E-state index contributed by atoms with van der Waals surface area (Å²) in [5.74, 6) is 0.533. The molecule has 1 saturated heterocycles. The van der Waals surface area contributed by atoms with E-state index in [-0.39, 0.29) is 11.7 Å². The topological polar surface area (TPSA) is 97.2 Å². The lowest BCUT2D eigenvalue weighted by molar-refractivity contribution is -0.111. The number of likely N-dealkylation sites (tertiary alicyclic amines) is 1. The van der Waals surface area contributed by atoms with Gasteiger partial charge < -0.3 is 15.4 Å². The second-order valence-corrected chi connectivity index (χ2v) is 10.4. The number of nitrogens with one attached hydrogen (secondary N) is 2. The van der Waals surface area contributed by atoms with Crippen molar-refractivity contribution in [3.05, 3.63) is 91.2 Å². The van der Waals surface area contributed by atoms with Crippen LogP contribution in [0.2, 0.25) is 0 Å². The normalized spacial score (nSPS) is 13.7. The lowest BCUT2D eigenvalue weighted by Gasteiger charge is -2.26. The van der Waals surface area contributed by atoms with Gasteiger partial charge in [0.25, 0.3) is 0 Å². The molecule has 0 saturated carbocycles. The third-order valence-corrected chi connectivity index (χ3v) is 7.42. The first-order valence-electron chi connectivity index (χ1n) is 14.1. The summed E-state index contributed by atoms with van der Waals surface area (Å²) in [6.45, 7) is 7.55. The molecule has 9 nitrogen and oxygen atoms in total. The van der Waals surface area contributed by atoms with E-state index in [9.17, 15) is 9.18 Å². The van der Waals surface area contributed by atoms with Gasteiger partial charge in [-0.3, -0.25) is 14.4 Å². The van der Waals surface area contributed by atoms with Crippen molar-refractivity contribution < 1.29 is 13.9 Å². The molecule has 3 aromatic carbocycles. The van der Waals surface area contributed by atoms with Gasteiger partial charge >= 0.3 is 0 Å². The predicted octanol–water partition coefficient (Wildman–Crippen LogP) is 5.90. The van der Waals surface area contributed by atoms with E-state index in [4.69, 9.17) is 4.74 Å². The SMILES string of the molecule is C=CC(=O)Nc1cc2c(Nc3ccc4c(cnn4Cc4cccc(F)c4)c3)ncnc2cc1OCCN1CCCCC1. The molecule has 2 aromatic heterocycles. The van der Waals surface area contributed by atoms with Gasteiger partial charge in [-0.25, -0.2) is 14.4 Å². The van der Waals surface area contributed by atoms with Crippen LogP contribution in [0.4, 0.5) is 21.6 Å². The Hall–Kier alpha value is -4.83. The van der Waals surface area contributed by atoms with Crippen LogP contribution in [-0.4, -0.2) is 56.8 Å². The standard InChI is InChI=1S/C32H32FN7O2/c1-2-31(41)38-28-17-26-27(18-30(28)42-14-13-39-11-4-3-5-12-39)34-21-35-32(26)37-25-9-10-29-23(16-25)19-36-40(29)20-22-7-6-8-24(33)15-22/h2,6-10,15-19,21H,1,3-5,11-14,20H2,(H,38,41)(H,34,35,37). The van der Waals surface area contributed by atoms with E-state index >= 15 is 0 Å². The van der Waals surface area contributed by atoms with E-state index in [0.717, 1.165) is 47.2 Å². The summed E-state index contributed by atoms with van der Waals surface area (Å²) < 4.78 is 21.6. The van der Waals surface area contributed by atoms with Gasteiger partial charge in [0.05, 0.1) is 29.5 Å². The van der Waals surface area contributed by atoms with Crippen molar-refractivity contribution in [3.63, 3.8) is 0 Å². The molecule has 5 aromatic rings. The second kappa shape index (κ2) is 12.4. The molecule has 0 bridgehead atoms. The molecule has 2 N–H and O–H groups in total. The molecule has 1 fully saturated rings. The Morgan fingerprint density at radius 2 is 1.95 bits per heavy atom. The van der Waals surface area contributed by atoms with Crippen LogP contribution in [0.5, 0.6) is 5.75 Å². The predicted molar refractivity (Wildman–Crippen MR) is 163 cm³/mol. The molecule has 1 aliphatic rings. The zero-order chi connectivity index (χ0) is 28.9. The summed E-state index contributed by atoms with van der Waals surface area (Å²) in [6.07, 6.45) is 8.23. The molecule has 0 atom stereocenters. The fraction of sp³-hybridized carbons (Fsp3) is 0.250. The quantitative estimate of drug-likeness (QED) is 0.204. The van der Waals surface area contributed by atoms with Crippen molar-refractivity contribution in [3.8, 4) is 5.75 Å². The summed E-state index contributed by atoms with van der Waals surface area (Å²) >= 11 is 0. The molecular formula is C32H32FN7O2. The third kappa shape index (κ3) is 6.23. The number of anilines is 3. The number of nitrogens with zero attached hydrogens (tertiary/aromatic N) is 5. The Morgan fingerprint density at radius 1 is 1.07 bits per heavy atom. The van der Waals surface area contributed by atoms with E-state index in [0.29, 0.717) is 35.9 Å². The van der Waals surface area contributed by atoms with Crippen molar-refractivity contribution in [2.75, 3.05) is 36.9 Å². The van der Waals surface area contributed by atoms with E-state index in [1.165, 1.54) is 43.8 Å². The molecule has 6 rings (SSSR count). The minimum absolute atomic E-state index is 0.268. The number of ether oxygens (including phenoxy) is 1. The number of aromatic nitrogens is 4. The minimum atomic E-state index is -0.331. The molecule has 0 spiro atoms. The summed E-state index contributed by atoms with van der Waals surface area (Å²) in [4.78, 5) is 23.6. The number of fused-ring (bicyclic) bond motifs is 2. The minimum Gasteiger partial charge on any atom is -0.490 e. The molecule has 0 aliphatic carbocycles. The average molecular weight is 566 g/mol. The number of amides is 1. The number of carbonyl (C=O) groups is 1. The Kier molecular flexibility index (Phi) is 8.05. The van der Waals surface area contributed by atoms with Crippen LogP contribution >= 0.6 is 0 Å². The van der Waals surface area contributed by atoms with Crippen LogP contribution in [0.3, 0.4) is 0 Å². The highest BCUT2D eigenvalue weighted by molar-refractivity contribution is 6.03. The monoisotopic (exact) mass is 565 g/mol. The molecule has 0 unspecified atom stereocenters. The number of hydrogen-bond donors (Lipinski definition) is 2. The zero-order valence-corrected chi connectivity index (χ0v) is 23.2. The highest BCUT2D eigenvalue weighted by atomic mass is 19.1. The average Bonchev–Trinajstić information content (AvgIpc) is 3.39. The van der Waals surface area contributed by atoms with Crippen LogP contribution in [0, 0.1) is 5.82 Å². The highest BCUT2D eigenvalue weighted by Gasteiger charge is 2.15. The molecular weight excluding hydrogens is 533 g/mol. The van der Waals surface area contributed by atoms with Gasteiger partial charge in [0.2, 0.25) is 5.91 Å². The van der Waals surface area contributed by atoms with Gasteiger partial charge in [-0.2, -0.15) is 5.10 Å². The van der Waals surface area contributed by atoms with E-state index in [2.05, 4.69) is 37.2 Å². The summed E-state index contributed by atoms with van der Waals surface area (Å²) in [5.41, 5.74) is 3.78. The van der Waals surface area contributed by atoms with Crippen molar-refractivity contribution in [2.45, 2.75) is 25.8 Å². The number of carbonyl (C=O) groups excluding carboxylic acids is 1. The number of piperidine rings is 1. The lowest BCUT2D eigenvalue weighted by Crippen LogP contribution is -2.33. The Morgan fingerprint density at radius 3 is 2.79 bits per heavy atom. The Balaban J connectivity index is 1.24. The van der Waals surface area contributed by atoms with Crippen LogP contribution in [0.1, 0.15) is 24.8 Å². The maximum atomic E-state index is 13.7. The number of rotatable bonds is 10. The molecule has 3 heterocycles. The van der Waals surface area contributed by atoms with Crippen molar-refractivity contribution in [2.24, 2.45) is 0 Å². The second-order valence-electron chi connectivity index (χ2n) is 10.4. The number of hydrogen-bond acceptors (Lipinski definition) is 7. The Labute approximate surface area is 243 Å². The van der Waals surface area contributed by atoms with Crippen LogP contribution in [0.25, 0.3) is 21.8 Å². The summed E-state index contributed by atoms with van der Waals surface area (Å²) in [6, 6.07) is 16.1. The third-order valence-electron chi connectivity index (χ3n) is 7.42. The maximum absolute atomic E-state index is 13.7. The summed E-state index contributed by atoms with van der Waals surface area (Å²) in [5, 5.41) is 12.4. The number of benzene rings is 3. The lowest BCUT2D eigenvalue weighted by atomic mass is 10.1. The fourth-order valence-corrected chi connectivity index (χ4v) is 5.29. The van der Waals surface area contributed by atoms with E-state index in [1.807, 2.05) is 41.1 Å². The van der Waals surface area contributed by atoms with Crippen LogP contribution in [-0.2, 0) is 11.3 Å². The van der Waals surface area contributed by atoms with Gasteiger partial charge in [-0.15, -0.1) is 0 Å². The molecule has 1 aliphatic heterocycles. The van der Waals surface area contributed by atoms with E-state index < -0.39 is 0 Å².